The molecule has 1 atom stereocenters. The van der Waals surface area contributed by atoms with Gasteiger partial charge in [-0.25, -0.2) is 0 Å². The van der Waals surface area contributed by atoms with Crippen molar-refractivity contribution in [2.75, 3.05) is 0 Å². The standard InChI is InChI=1S/C11H12ClN5O2/c1-5(11-15-9(17-19-11)6-2-3-6)14-10(18)8-7(12)4-13-16-8/h4-6H,2-3H2,1H3,(H,13,16)(H,14,18)/t5-/m1/s1. The number of carbonyl (C=O) groups excluding carboxylic acids is 1. The van der Waals surface area contributed by atoms with E-state index in [0.717, 1.165) is 18.7 Å². The maximum absolute atomic E-state index is 11.9. The van der Waals surface area contributed by atoms with Crippen molar-refractivity contribution in [3.05, 3.63) is 28.6 Å². The molecule has 3 rings (SSSR count). The number of nitrogens with one attached hydrogen (secondary N) is 2. The van der Waals surface area contributed by atoms with E-state index in [1.54, 1.807) is 6.92 Å². The maximum atomic E-state index is 11.9. The Balaban J connectivity index is 1.68. The Labute approximate surface area is 113 Å². The van der Waals surface area contributed by atoms with Crippen LogP contribution in [0.5, 0.6) is 0 Å². The van der Waals surface area contributed by atoms with E-state index >= 15 is 0 Å². The van der Waals surface area contributed by atoms with Gasteiger partial charge in [-0.3, -0.25) is 9.89 Å². The van der Waals surface area contributed by atoms with Crippen LogP contribution in [0.4, 0.5) is 0 Å². The van der Waals surface area contributed by atoms with E-state index in [9.17, 15) is 4.79 Å². The fourth-order valence-corrected chi connectivity index (χ4v) is 1.87. The zero-order valence-electron chi connectivity index (χ0n) is 10.2. The van der Waals surface area contributed by atoms with E-state index in [1.165, 1.54) is 6.20 Å². The molecular formula is C11H12ClN5O2. The molecule has 1 saturated carbocycles. The van der Waals surface area contributed by atoms with Crippen LogP contribution in [0.3, 0.4) is 0 Å². The highest BCUT2D eigenvalue weighted by Crippen LogP contribution is 2.38. The summed E-state index contributed by atoms with van der Waals surface area (Å²) in [6.45, 7) is 1.77. The number of amides is 1. The third-order valence-corrected chi connectivity index (χ3v) is 3.22. The van der Waals surface area contributed by atoms with Gasteiger partial charge in [-0.05, 0) is 19.8 Å². The van der Waals surface area contributed by atoms with Gasteiger partial charge in [-0.15, -0.1) is 0 Å². The van der Waals surface area contributed by atoms with Gasteiger partial charge < -0.3 is 9.84 Å². The van der Waals surface area contributed by atoms with Crippen molar-refractivity contribution in [1.29, 1.82) is 0 Å². The molecular weight excluding hydrogens is 270 g/mol. The summed E-state index contributed by atoms with van der Waals surface area (Å²) >= 11 is 5.81. The number of aromatic amines is 1. The first kappa shape index (κ1) is 12.2. The topological polar surface area (TPSA) is 96.7 Å². The molecule has 0 radical (unpaired) electrons. The first-order valence-electron chi connectivity index (χ1n) is 5.98. The molecule has 0 aliphatic heterocycles. The first-order chi connectivity index (χ1) is 9.15. The SMILES string of the molecule is C[C@@H](NC(=O)c1[nH]ncc1Cl)c1nc(C2CC2)no1. The zero-order valence-corrected chi connectivity index (χ0v) is 10.9. The fourth-order valence-electron chi connectivity index (χ4n) is 1.69. The second-order valence-electron chi connectivity index (χ2n) is 4.55. The molecule has 1 aliphatic rings. The molecule has 7 nitrogen and oxygen atoms in total. The summed E-state index contributed by atoms with van der Waals surface area (Å²) in [4.78, 5) is 16.2. The third kappa shape index (κ3) is 2.46. The fraction of sp³-hybridized carbons (Fsp3) is 0.455. The number of aromatic nitrogens is 4. The van der Waals surface area contributed by atoms with Crippen molar-refractivity contribution in [1.82, 2.24) is 25.7 Å². The maximum Gasteiger partial charge on any atom is 0.271 e. The molecule has 0 saturated heterocycles. The molecule has 100 valence electrons. The smallest absolute Gasteiger partial charge is 0.271 e. The molecule has 2 aromatic heterocycles. The lowest BCUT2D eigenvalue weighted by Gasteiger charge is -2.08. The molecule has 19 heavy (non-hydrogen) atoms. The van der Waals surface area contributed by atoms with Gasteiger partial charge in [-0.1, -0.05) is 16.8 Å². The van der Waals surface area contributed by atoms with Gasteiger partial charge in [0.1, 0.15) is 11.7 Å². The van der Waals surface area contributed by atoms with Gasteiger partial charge in [0.2, 0.25) is 5.89 Å². The van der Waals surface area contributed by atoms with E-state index in [1.807, 2.05) is 0 Å². The van der Waals surface area contributed by atoms with Crippen LogP contribution in [0, 0.1) is 0 Å². The van der Waals surface area contributed by atoms with Gasteiger partial charge in [0, 0.05) is 5.92 Å². The van der Waals surface area contributed by atoms with Crippen LogP contribution in [0.1, 0.15) is 53.9 Å². The Morgan fingerprint density at radius 1 is 1.63 bits per heavy atom. The number of carbonyl (C=O) groups is 1. The van der Waals surface area contributed by atoms with E-state index < -0.39 is 0 Å². The average Bonchev–Trinajstić information content (AvgIpc) is 2.95. The largest absolute Gasteiger partial charge is 0.339 e. The van der Waals surface area contributed by atoms with Crippen molar-refractivity contribution < 1.29 is 9.32 Å². The monoisotopic (exact) mass is 281 g/mol. The summed E-state index contributed by atoms with van der Waals surface area (Å²) in [5.74, 6) is 1.17. The highest BCUT2D eigenvalue weighted by atomic mass is 35.5. The van der Waals surface area contributed by atoms with E-state index in [0.29, 0.717) is 11.8 Å². The van der Waals surface area contributed by atoms with E-state index in [4.69, 9.17) is 16.1 Å². The Kier molecular flexibility index (Phi) is 2.98. The van der Waals surface area contributed by atoms with Gasteiger partial charge >= 0.3 is 0 Å². The lowest BCUT2D eigenvalue weighted by molar-refractivity contribution is 0.0927. The molecule has 1 aliphatic carbocycles. The van der Waals surface area contributed by atoms with Gasteiger partial charge in [0.25, 0.3) is 5.91 Å². The van der Waals surface area contributed by atoms with Crippen LogP contribution in [0.15, 0.2) is 10.7 Å². The molecule has 2 N–H and O–H groups in total. The van der Waals surface area contributed by atoms with Crippen LogP contribution in [0.2, 0.25) is 5.02 Å². The first-order valence-corrected chi connectivity index (χ1v) is 6.36. The third-order valence-electron chi connectivity index (χ3n) is 2.94. The quantitative estimate of drug-likeness (QED) is 0.891. The van der Waals surface area contributed by atoms with Crippen LogP contribution < -0.4 is 5.32 Å². The van der Waals surface area contributed by atoms with Gasteiger partial charge in [0.05, 0.1) is 11.2 Å². The van der Waals surface area contributed by atoms with Gasteiger partial charge in [0.15, 0.2) is 5.82 Å². The van der Waals surface area contributed by atoms with Crippen LogP contribution in [0.25, 0.3) is 0 Å². The zero-order chi connectivity index (χ0) is 13.4. The Morgan fingerprint density at radius 2 is 2.42 bits per heavy atom. The molecule has 1 fully saturated rings. The number of nitrogens with zero attached hydrogens (tertiary/aromatic N) is 3. The second kappa shape index (κ2) is 4.65. The number of hydrogen-bond donors (Lipinski definition) is 2. The molecule has 0 aromatic carbocycles. The van der Waals surface area contributed by atoms with Crippen molar-refractivity contribution >= 4 is 17.5 Å². The highest BCUT2D eigenvalue weighted by molar-refractivity contribution is 6.33. The summed E-state index contributed by atoms with van der Waals surface area (Å²) in [7, 11) is 0. The molecule has 8 heteroatoms. The summed E-state index contributed by atoms with van der Waals surface area (Å²) < 4.78 is 5.14. The van der Waals surface area contributed by atoms with Crippen molar-refractivity contribution in [3.63, 3.8) is 0 Å². The van der Waals surface area contributed by atoms with Crippen LogP contribution in [-0.4, -0.2) is 26.2 Å². The number of hydrogen-bond acceptors (Lipinski definition) is 5. The summed E-state index contributed by atoms with van der Waals surface area (Å²) in [5, 5.41) is 13.1. The molecule has 0 unspecified atom stereocenters. The average molecular weight is 282 g/mol. The molecule has 1 amide bonds. The van der Waals surface area contributed by atoms with Gasteiger partial charge in [-0.2, -0.15) is 10.1 Å². The Bertz CT molecular complexity index is 604. The predicted molar refractivity (Wildman–Crippen MR) is 65.8 cm³/mol. The summed E-state index contributed by atoms with van der Waals surface area (Å²) in [5.41, 5.74) is 0.218. The molecule has 0 spiro atoms. The van der Waals surface area contributed by atoms with Crippen molar-refractivity contribution in [2.45, 2.75) is 31.7 Å². The number of halogens is 1. The normalized spacial score (nSPS) is 16.3. The summed E-state index contributed by atoms with van der Waals surface area (Å²) in [6.07, 6.45) is 3.58. The molecule has 2 aromatic rings. The number of H-pyrrole nitrogens is 1. The van der Waals surface area contributed by atoms with Crippen molar-refractivity contribution in [3.8, 4) is 0 Å². The lowest BCUT2D eigenvalue weighted by atomic mass is 10.3. The minimum atomic E-state index is -0.383. The van der Waals surface area contributed by atoms with Crippen molar-refractivity contribution in [2.24, 2.45) is 0 Å². The summed E-state index contributed by atoms with van der Waals surface area (Å²) in [6, 6.07) is -0.383. The van der Waals surface area contributed by atoms with Crippen LogP contribution in [-0.2, 0) is 0 Å². The predicted octanol–water partition coefficient (Wildman–Crippen LogP) is 1.81. The molecule has 2 heterocycles. The lowest BCUT2D eigenvalue weighted by Crippen LogP contribution is -2.27. The molecule has 0 bridgehead atoms. The van der Waals surface area contributed by atoms with Crippen LogP contribution >= 0.6 is 11.6 Å². The van der Waals surface area contributed by atoms with E-state index in [2.05, 4.69) is 25.7 Å². The Hall–Kier alpha value is -1.89. The highest BCUT2D eigenvalue weighted by Gasteiger charge is 2.30. The van der Waals surface area contributed by atoms with E-state index in [-0.39, 0.29) is 22.7 Å². The second-order valence-corrected chi connectivity index (χ2v) is 4.96. The minimum Gasteiger partial charge on any atom is -0.339 e. The number of rotatable bonds is 4. The minimum absolute atomic E-state index is 0.218. The Morgan fingerprint density at radius 3 is 3.05 bits per heavy atom.